The van der Waals surface area contributed by atoms with Crippen molar-refractivity contribution < 1.29 is 37.0 Å². The average Bonchev–Trinajstić information content (AvgIpc) is 2.94. The van der Waals surface area contributed by atoms with Gasteiger partial charge in [0.15, 0.2) is 5.17 Å². The largest absolute Gasteiger partial charge is 0.573 e. The lowest BCUT2D eigenvalue weighted by Gasteiger charge is -2.11. The molecular formula is C15H12F3N3O5S. The number of rotatable bonds is 5. The van der Waals surface area contributed by atoms with E-state index in [2.05, 4.69) is 25.0 Å². The number of benzene rings is 1. The highest BCUT2D eigenvalue weighted by Crippen LogP contribution is 2.28. The predicted molar refractivity (Wildman–Crippen MR) is 90.5 cm³/mol. The summed E-state index contributed by atoms with van der Waals surface area (Å²) in [6, 6.07) is 3.44. The van der Waals surface area contributed by atoms with Crippen molar-refractivity contribution in [1.82, 2.24) is 5.32 Å². The summed E-state index contributed by atoms with van der Waals surface area (Å²) < 4.78 is 49.9. The number of amides is 1. The normalized spacial score (nSPS) is 17.4. The third kappa shape index (κ3) is 6.02. The maximum atomic E-state index is 12.2. The van der Waals surface area contributed by atoms with Gasteiger partial charge >= 0.3 is 12.3 Å². The molecule has 0 bridgehead atoms. The Labute approximate surface area is 155 Å². The minimum atomic E-state index is -4.82. The summed E-state index contributed by atoms with van der Waals surface area (Å²) in [5.41, 5.74) is 0.330. The number of methoxy groups -OCH3 is 2. The molecule has 1 aliphatic heterocycles. The molecule has 1 fully saturated rings. The molecule has 144 valence electrons. The van der Waals surface area contributed by atoms with E-state index >= 15 is 0 Å². The Morgan fingerprint density at radius 2 is 2.04 bits per heavy atom. The Kier molecular flexibility index (Phi) is 6.45. The third-order valence-electron chi connectivity index (χ3n) is 2.88. The maximum Gasteiger partial charge on any atom is 0.573 e. The van der Waals surface area contributed by atoms with Crippen molar-refractivity contribution in [3.05, 3.63) is 34.7 Å². The summed E-state index contributed by atoms with van der Waals surface area (Å²) in [5, 5.41) is 10.0. The first-order valence-corrected chi connectivity index (χ1v) is 7.87. The second-order valence-corrected chi connectivity index (χ2v) is 5.72. The Hall–Kier alpha value is -3.02. The summed E-state index contributed by atoms with van der Waals surface area (Å²) in [6.07, 6.45) is -2.59. The van der Waals surface area contributed by atoms with Gasteiger partial charge in [0.25, 0.3) is 5.91 Å². The van der Waals surface area contributed by atoms with Gasteiger partial charge in [-0.2, -0.15) is 5.10 Å². The fourth-order valence-corrected chi connectivity index (χ4v) is 2.52. The molecule has 1 saturated heterocycles. The fraction of sp³-hybridized carbons (Fsp3) is 0.200. The Morgan fingerprint density at radius 3 is 2.67 bits per heavy atom. The summed E-state index contributed by atoms with van der Waals surface area (Å²) in [4.78, 5) is 22.9. The van der Waals surface area contributed by atoms with Crippen molar-refractivity contribution in [2.45, 2.75) is 6.36 Å². The topological polar surface area (TPSA) is 98.6 Å². The number of hydrogen-bond donors (Lipinski definition) is 1. The van der Waals surface area contributed by atoms with Gasteiger partial charge in [0.05, 0.1) is 25.3 Å². The fourth-order valence-electron chi connectivity index (χ4n) is 1.78. The number of thioether (sulfide) groups is 1. The van der Waals surface area contributed by atoms with Crippen LogP contribution < -0.4 is 14.8 Å². The van der Waals surface area contributed by atoms with Crippen LogP contribution in [0.15, 0.2) is 39.4 Å². The van der Waals surface area contributed by atoms with Crippen LogP contribution in [-0.2, 0) is 14.3 Å². The second kappa shape index (κ2) is 8.58. The van der Waals surface area contributed by atoms with Gasteiger partial charge in [-0.15, -0.1) is 18.3 Å². The molecule has 0 radical (unpaired) electrons. The summed E-state index contributed by atoms with van der Waals surface area (Å²) >= 11 is 0.876. The number of ether oxygens (including phenoxy) is 3. The molecule has 1 amide bonds. The van der Waals surface area contributed by atoms with E-state index in [1.807, 2.05) is 0 Å². The lowest BCUT2D eigenvalue weighted by molar-refractivity contribution is -0.274. The van der Waals surface area contributed by atoms with Crippen molar-refractivity contribution in [2.75, 3.05) is 14.2 Å². The van der Waals surface area contributed by atoms with E-state index in [1.165, 1.54) is 26.5 Å². The number of amidine groups is 1. The highest BCUT2D eigenvalue weighted by Gasteiger charge is 2.31. The number of nitrogens with zero attached hydrogens (tertiary/aromatic N) is 2. The maximum absolute atomic E-state index is 12.2. The Balaban J connectivity index is 2.12. The van der Waals surface area contributed by atoms with Crippen LogP contribution in [0.1, 0.15) is 5.56 Å². The number of nitrogens with one attached hydrogen (secondary N) is 1. The molecule has 0 aromatic heterocycles. The van der Waals surface area contributed by atoms with Crippen LogP contribution in [0.25, 0.3) is 0 Å². The molecule has 1 heterocycles. The Morgan fingerprint density at radius 1 is 1.30 bits per heavy atom. The first kappa shape index (κ1) is 20.3. The van der Waals surface area contributed by atoms with Gasteiger partial charge in [-0.05, 0) is 23.9 Å². The number of carbonyl (C=O) groups excluding carboxylic acids is 2. The lowest BCUT2D eigenvalue weighted by atomic mass is 10.2. The van der Waals surface area contributed by atoms with Crippen LogP contribution in [-0.4, -0.2) is 43.8 Å². The van der Waals surface area contributed by atoms with Gasteiger partial charge in [-0.1, -0.05) is 0 Å². The van der Waals surface area contributed by atoms with Gasteiger partial charge in [-0.25, -0.2) is 4.79 Å². The van der Waals surface area contributed by atoms with E-state index in [0.717, 1.165) is 30.0 Å². The molecule has 0 unspecified atom stereocenters. The van der Waals surface area contributed by atoms with E-state index in [0.29, 0.717) is 5.56 Å². The molecule has 1 aromatic rings. The number of halogens is 3. The van der Waals surface area contributed by atoms with E-state index in [-0.39, 0.29) is 15.8 Å². The first-order chi connectivity index (χ1) is 12.7. The predicted octanol–water partition coefficient (Wildman–Crippen LogP) is 2.20. The van der Waals surface area contributed by atoms with Crippen molar-refractivity contribution in [3.8, 4) is 11.5 Å². The highest BCUT2D eigenvalue weighted by molar-refractivity contribution is 8.18. The molecule has 0 aliphatic carbocycles. The molecular weight excluding hydrogens is 391 g/mol. The second-order valence-electron chi connectivity index (χ2n) is 4.69. The van der Waals surface area contributed by atoms with Gasteiger partial charge < -0.3 is 14.2 Å². The lowest BCUT2D eigenvalue weighted by Crippen LogP contribution is -2.19. The number of alkyl halides is 3. The Bertz CT molecular complexity index is 836. The van der Waals surface area contributed by atoms with Crippen LogP contribution in [0.4, 0.5) is 13.2 Å². The quantitative estimate of drug-likeness (QED) is 0.350. The van der Waals surface area contributed by atoms with Crippen LogP contribution in [0.3, 0.4) is 0 Å². The smallest absolute Gasteiger partial charge is 0.496 e. The summed E-state index contributed by atoms with van der Waals surface area (Å²) in [7, 11) is 2.45. The molecule has 0 atom stereocenters. The molecule has 1 aromatic carbocycles. The van der Waals surface area contributed by atoms with E-state index in [9.17, 15) is 22.8 Å². The molecule has 12 heteroatoms. The van der Waals surface area contributed by atoms with Crippen LogP contribution >= 0.6 is 11.8 Å². The minimum absolute atomic E-state index is 0.0788. The van der Waals surface area contributed by atoms with Crippen molar-refractivity contribution in [2.24, 2.45) is 10.2 Å². The van der Waals surface area contributed by atoms with Crippen LogP contribution in [0, 0.1) is 0 Å². The molecule has 27 heavy (non-hydrogen) atoms. The minimum Gasteiger partial charge on any atom is -0.496 e. The molecule has 0 saturated carbocycles. The van der Waals surface area contributed by atoms with Crippen LogP contribution in [0.2, 0.25) is 0 Å². The first-order valence-electron chi connectivity index (χ1n) is 7.05. The van der Waals surface area contributed by atoms with Crippen LogP contribution in [0.5, 0.6) is 11.5 Å². The zero-order valence-electron chi connectivity index (χ0n) is 13.9. The zero-order valence-corrected chi connectivity index (χ0v) is 14.7. The van der Waals surface area contributed by atoms with Gasteiger partial charge in [0.1, 0.15) is 11.5 Å². The van der Waals surface area contributed by atoms with E-state index in [1.54, 1.807) is 0 Å². The zero-order chi connectivity index (χ0) is 20.0. The third-order valence-corrected chi connectivity index (χ3v) is 3.79. The molecule has 1 aliphatic rings. The average molecular weight is 403 g/mol. The number of esters is 1. The monoisotopic (exact) mass is 403 g/mol. The van der Waals surface area contributed by atoms with Gasteiger partial charge in [0, 0.05) is 17.7 Å². The molecule has 0 spiro atoms. The number of carbonyl (C=O) groups is 2. The van der Waals surface area contributed by atoms with Crippen molar-refractivity contribution in [3.63, 3.8) is 0 Å². The molecule has 8 nitrogen and oxygen atoms in total. The number of hydrogen-bond acceptors (Lipinski definition) is 8. The van der Waals surface area contributed by atoms with Crippen molar-refractivity contribution in [1.29, 1.82) is 0 Å². The molecule has 2 rings (SSSR count). The van der Waals surface area contributed by atoms with E-state index < -0.39 is 24.0 Å². The SMILES string of the molecule is COC(=O)/C=C1/S/C(=N\N=Cc2ccc(OC(F)(F)F)cc2OC)NC1=O. The standard InChI is InChI=1S/C15H12F3N3O5S/c1-24-10-5-9(26-15(16,17)18)4-3-8(10)7-19-21-14-20-13(23)11(27-14)6-12(22)25-2/h3-7H,1-2H3,(H,20,21,23)/b11-6+,19-7?. The highest BCUT2D eigenvalue weighted by atomic mass is 32.2. The van der Waals surface area contributed by atoms with E-state index in [4.69, 9.17) is 4.74 Å². The summed E-state index contributed by atoms with van der Waals surface area (Å²) in [6.45, 7) is 0. The molecule has 1 N–H and O–H groups in total. The van der Waals surface area contributed by atoms with Gasteiger partial charge in [-0.3, -0.25) is 10.1 Å². The summed E-state index contributed by atoms with van der Waals surface area (Å²) in [5.74, 6) is -1.59. The van der Waals surface area contributed by atoms with Gasteiger partial charge in [0.2, 0.25) is 0 Å². The van der Waals surface area contributed by atoms with Crippen molar-refractivity contribution >= 4 is 35.0 Å².